The van der Waals surface area contributed by atoms with Crippen molar-refractivity contribution in [2.45, 2.75) is 32.1 Å². The van der Waals surface area contributed by atoms with Gasteiger partial charge >= 0.3 is 0 Å². The topological polar surface area (TPSA) is 54.5 Å². The Kier molecular flexibility index (Phi) is 19.6. The fraction of sp³-hybridized carbons (Fsp3) is 1.00. The lowest BCUT2D eigenvalue weighted by Crippen LogP contribution is -2.39. The first kappa shape index (κ1) is 23.5. The lowest BCUT2D eigenvalue weighted by atomic mass is 10.2. The van der Waals surface area contributed by atoms with Gasteiger partial charge in [0.1, 0.15) is 0 Å². The fourth-order valence-electron chi connectivity index (χ4n) is 2.46. The van der Waals surface area contributed by atoms with E-state index in [1.807, 2.05) is 0 Å². The Balaban J connectivity index is 0.000000167. The number of hydrogen-bond donors (Lipinski definition) is 3. The van der Waals surface area contributed by atoms with Gasteiger partial charge < -0.3 is 25.4 Å². The maximum Gasteiger partial charge on any atom is 0.0701 e. The molecule has 0 aromatic rings. The molecule has 0 aromatic heterocycles. The number of rotatable bonds is 0. The molecule has 4 fully saturated rings. The molecule has 0 spiro atoms. The molecule has 150 valence electrons. The van der Waals surface area contributed by atoms with E-state index in [0.29, 0.717) is 0 Å². The highest BCUT2D eigenvalue weighted by Gasteiger charge is 1.96. The highest BCUT2D eigenvalue weighted by atomic mass is 32.2. The first-order valence-corrected chi connectivity index (χ1v) is 12.2. The summed E-state index contributed by atoms with van der Waals surface area (Å²) in [6.45, 7) is 10.2. The van der Waals surface area contributed by atoms with Crippen LogP contribution in [0.25, 0.3) is 0 Å². The Labute approximate surface area is 163 Å². The maximum atomic E-state index is 4.94. The van der Waals surface area contributed by atoms with Gasteiger partial charge in [0.15, 0.2) is 0 Å². The van der Waals surface area contributed by atoms with Crippen LogP contribution in [0.1, 0.15) is 32.1 Å². The Hall–Kier alpha value is 0.500. The molecule has 4 rings (SSSR count). The normalized spacial score (nSPS) is 24.0. The van der Waals surface area contributed by atoms with Gasteiger partial charge in [0, 0.05) is 31.3 Å². The van der Waals surface area contributed by atoms with E-state index in [2.05, 4.69) is 39.5 Å². The van der Waals surface area contributed by atoms with E-state index in [1.165, 1.54) is 61.8 Å². The monoisotopic (exact) mass is 393 g/mol. The zero-order valence-electron chi connectivity index (χ0n) is 15.9. The SMILES string of the molecule is C1CCCNCC1.C1CNCCN1.C1COCCO1.C1CSCSC1. The van der Waals surface area contributed by atoms with Crippen molar-refractivity contribution in [3.05, 3.63) is 0 Å². The molecule has 0 unspecified atom stereocenters. The molecule has 0 aromatic carbocycles. The molecular formula is C18H39N3O2S2. The van der Waals surface area contributed by atoms with Crippen molar-refractivity contribution < 1.29 is 9.47 Å². The second-order valence-electron chi connectivity index (χ2n) is 6.18. The molecular weight excluding hydrogens is 354 g/mol. The smallest absolute Gasteiger partial charge is 0.0701 e. The van der Waals surface area contributed by atoms with Crippen LogP contribution in [0.3, 0.4) is 0 Å². The van der Waals surface area contributed by atoms with Crippen LogP contribution in [0, 0.1) is 0 Å². The number of ether oxygens (including phenoxy) is 2. The molecule has 4 heterocycles. The van der Waals surface area contributed by atoms with Crippen LogP contribution in [0.4, 0.5) is 0 Å². The van der Waals surface area contributed by atoms with E-state index in [1.54, 1.807) is 0 Å². The van der Waals surface area contributed by atoms with E-state index in [4.69, 9.17) is 9.47 Å². The van der Waals surface area contributed by atoms with Crippen molar-refractivity contribution in [1.29, 1.82) is 0 Å². The van der Waals surface area contributed by atoms with Crippen LogP contribution >= 0.6 is 23.5 Å². The minimum Gasteiger partial charge on any atom is -0.377 e. The van der Waals surface area contributed by atoms with Gasteiger partial charge in [-0.2, -0.15) is 23.5 Å². The summed E-state index contributed by atoms with van der Waals surface area (Å²) >= 11 is 4.12. The van der Waals surface area contributed by atoms with Crippen molar-refractivity contribution in [2.24, 2.45) is 0 Å². The molecule has 4 aliphatic heterocycles. The molecule has 4 saturated heterocycles. The van der Waals surface area contributed by atoms with Gasteiger partial charge in [0.05, 0.1) is 26.4 Å². The average molecular weight is 394 g/mol. The van der Waals surface area contributed by atoms with Crippen LogP contribution in [0.5, 0.6) is 0 Å². The van der Waals surface area contributed by atoms with E-state index >= 15 is 0 Å². The number of thioether (sulfide) groups is 2. The summed E-state index contributed by atoms with van der Waals surface area (Å²) in [4.78, 5) is 0. The van der Waals surface area contributed by atoms with Gasteiger partial charge in [-0.15, -0.1) is 0 Å². The van der Waals surface area contributed by atoms with Crippen molar-refractivity contribution >= 4 is 23.5 Å². The minimum absolute atomic E-state index is 0.778. The van der Waals surface area contributed by atoms with Gasteiger partial charge in [-0.05, 0) is 43.9 Å². The highest BCUT2D eigenvalue weighted by molar-refractivity contribution is 8.16. The third-order valence-electron chi connectivity index (χ3n) is 3.90. The summed E-state index contributed by atoms with van der Waals surface area (Å²) in [6.07, 6.45) is 7.08. The van der Waals surface area contributed by atoms with Crippen LogP contribution < -0.4 is 16.0 Å². The lowest BCUT2D eigenvalue weighted by molar-refractivity contribution is -0.0334. The molecule has 4 aliphatic rings. The second kappa shape index (κ2) is 20.8. The Morgan fingerprint density at radius 2 is 0.920 bits per heavy atom. The van der Waals surface area contributed by atoms with Gasteiger partial charge in [0.25, 0.3) is 0 Å². The van der Waals surface area contributed by atoms with Gasteiger partial charge in [-0.25, -0.2) is 0 Å². The first-order valence-electron chi connectivity index (χ1n) is 9.93. The lowest BCUT2D eigenvalue weighted by Gasteiger charge is -2.11. The summed E-state index contributed by atoms with van der Waals surface area (Å²) in [5.74, 6) is 2.79. The number of piperazine rings is 1. The first-order chi connectivity index (χ1) is 12.5. The predicted molar refractivity (Wildman–Crippen MR) is 113 cm³/mol. The summed E-state index contributed by atoms with van der Waals surface area (Å²) < 4.78 is 9.89. The molecule has 0 atom stereocenters. The zero-order chi connectivity index (χ0) is 17.7. The Morgan fingerprint density at radius 1 is 0.480 bits per heavy atom. The average Bonchev–Trinajstić information content (AvgIpc) is 3.07. The Bertz CT molecular complexity index is 170. The summed E-state index contributed by atoms with van der Waals surface area (Å²) in [5.41, 5.74) is 0. The summed E-state index contributed by atoms with van der Waals surface area (Å²) in [7, 11) is 0. The van der Waals surface area contributed by atoms with Crippen LogP contribution in [-0.2, 0) is 9.47 Å². The molecule has 0 amide bonds. The fourth-order valence-corrected chi connectivity index (χ4v) is 4.76. The zero-order valence-corrected chi connectivity index (χ0v) is 17.5. The molecule has 0 aliphatic carbocycles. The van der Waals surface area contributed by atoms with Crippen LogP contribution in [0.2, 0.25) is 0 Å². The van der Waals surface area contributed by atoms with Gasteiger partial charge in [0.2, 0.25) is 0 Å². The van der Waals surface area contributed by atoms with Gasteiger partial charge in [-0.1, -0.05) is 12.8 Å². The van der Waals surface area contributed by atoms with Crippen molar-refractivity contribution in [1.82, 2.24) is 16.0 Å². The predicted octanol–water partition coefficient (Wildman–Crippen LogP) is 2.18. The summed E-state index contributed by atoms with van der Waals surface area (Å²) in [6, 6.07) is 0. The molecule has 7 heteroatoms. The number of hydrogen-bond acceptors (Lipinski definition) is 7. The molecule has 5 nitrogen and oxygen atoms in total. The minimum atomic E-state index is 0.778. The standard InChI is InChI=1S/C6H13N.C4H10N2.C4H8O2.C4H8S2/c1-2-4-6-7-5-3-1;2*1-2-6-4-3-5-1;1-2-5-4-6-3-1/h7H,1-6H2;5-6H,1-4H2;2*1-4H2. The van der Waals surface area contributed by atoms with Crippen molar-refractivity contribution in [2.75, 3.05) is 82.3 Å². The molecule has 0 saturated carbocycles. The van der Waals surface area contributed by atoms with E-state index < -0.39 is 0 Å². The quantitative estimate of drug-likeness (QED) is 0.583. The van der Waals surface area contributed by atoms with Gasteiger partial charge in [-0.3, -0.25) is 0 Å². The molecule has 25 heavy (non-hydrogen) atoms. The molecule has 0 bridgehead atoms. The van der Waals surface area contributed by atoms with E-state index in [9.17, 15) is 0 Å². The second-order valence-corrected chi connectivity index (χ2v) is 8.75. The maximum absolute atomic E-state index is 4.94. The largest absolute Gasteiger partial charge is 0.377 e. The number of nitrogens with one attached hydrogen (secondary N) is 3. The van der Waals surface area contributed by atoms with E-state index in [0.717, 1.165) is 52.6 Å². The van der Waals surface area contributed by atoms with Crippen LogP contribution in [0.15, 0.2) is 0 Å². The molecule has 3 N–H and O–H groups in total. The third-order valence-corrected chi connectivity index (χ3v) is 6.39. The Morgan fingerprint density at radius 3 is 1.20 bits per heavy atom. The van der Waals surface area contributed by atoms with Crippen molar-refractivity contribution in [3.8, 4) is 0 Å². The third kappa shape index (κ3) is 19.1. The van der Waals surface area contributed by atoms with Crippen LogP contribution in [-0.4, -0.2) is 82.3 Å². The van der Waals surface area contributed by atoms with E-state index in [-0.39, 0.29) is 0 Å². The molecule has 0 radical (unpaired) electrons. The summed E-state index contributed by atoms with van der Waals surface area (Å²) in [5, 5.41) is 11.1. The highest BCUT2D eigenvalue weighted by Crippen LogP contribution is 2.19. The van der Waals surface area contributed by atoms with Crippen molar-refractivity contribution in [3.63, 3.8) is 0 Å².